The van der Waals surface area contributed by atoms with Gasteiger partial charge >= 0.3 is 11.8 Å². The molecule has 0 spiro atoms. The quantitative estimate of drug-likeness (QED) is 0.374. The topological polar surface area (TPSA) is 117 Å². The summed E-state index contributed by atoms with van der Waals surface area (Å²) < 4.78 is 1.29. The minimum Gasteiger partial charge on any atom is -0.383 e. The van der Waals surface area contributed by atoms with Gasteiger partial charge < -0.3 is 20.9 Å². The molecule has 0 radical (unpaired) electrons. The molecule has 9 nitrogen and oxygen atoms in total. The molecule has 2 atom stereocenters. The van der Waals surface area contributed by atoms with Crippen molar-refractivity contribution in [2.24, 2.45) is 5.92 Å². The lowest BCUT2D eigenvalue weighted by Gasteiger charge is -2.30. The van der Waals surface area contributed by atoms with Crippen LogP contribution in [0.1, 0.15) is 37.6 Å². The average Bonchev–Trinajstić information content (AvgIpc) is 3.34. The number of carbonyl (C=O) groups excluding carboxylic acids is 2. The van der Waals surface area contributed by atoms with Crippen LogP contribution in [0.25, 0.3) is 21.0 Å². The second-order valence-corrected chi connectivity index (χ2v) is 11.2. The second-order valence-electron chi connectivity index (χ2n) is 10.1. The first kappa shape index (κ1) is 27.4. The number of amides is 2. The number of nitrogens with two attached hydrogens (primary N) is 1. The summed E-state index contributed by atoms with van der Waals surface area (Å²) in [4.78, 5) is 41.1. The summed E-state index contributed by atoms with van der Waals surface area (Å²) in [6, 6.07) is 10.1. The van der Waals surface area contributed by atoms with Crippen LogP contribution in [0.5, 0.6) is 0 Å². The number of fused-ring (bicyclic) bond motifs is 2. The monoisotopic (exact) mass is 533 g/mol. The first-order valence-electron chi connectivity index (χ1n) is 12.8. The molecular weight excluding hydrogens is 498 g/mol. The number of hydrogen-bond acceptors (Lipinski definition) is 8. The summed E-state index contributed by atoms with van der Waals surface area (Å²) >= 11 is 1.81. The van der Waals surface area contributed by atoms with E-state index in [9.17, 15) is 9.59 Å². The van der Waals surface area contributed by atoms with Crippen LogP contribution < -0.4 is 11.1 Å². The summed E-state index contributed by atoms with van der Waals surface area (Å²) in [6.07, 6.45) is 6.66. The Bertz CT molecular complexity index is 1390. The molecule has 1 aliphatic heterocycles. The SMILES string of the molecule is CC1CCCN(C(=O)C(=O)Nc2cncc3c(N)nccc23)C1.C[C@H](CN(C)C)c1nc2ccccc2s1. The smallest absolute Gasteiger partial charge is 0.313 e. The minimum absolute atomic E-state index is 0.335. The Hall–Kier alpha value is -3.63. The number of nitrogen functional groups attached to an aromatic ring is 1. The number of rotatable bonds is 4. The number of benzene rings is 1. The highest BCUT2D eigenvalue weighted by Crippen LogP contribution is 2.27. The van der Waals surface area contributed by atoms with Crippen LogP contribution in [0, 0.1) is 5.92 Å². The highest BCUT2D eigenvalue weighted by atomic mass is 32.1. The van der Waals surface area contributed by atoms with Crippen LogP contribution >= 0.6 is 11.3 Å². The van der Waals surface area contributed by atoms with E-state index >= 15 is 0 Å². The number of thiazole rings is 1. The van der Waals surface area contributed by atoms with E-state index in [1.54, 1.807) is 23.4 Å². The third-order valence-electron chi connectivity index (χ3n) is 6.48. The van der Waals surface area contributed by atoms with Gasteiger partial charge in [0.15, 0.2) is 0 Å². The second kappa shape index (κ2) is 12.3. The molecule has 2 amide bonds. The van der Waals surface area contributed by atoms with Crippen molar-refractivity contribution in [1.82, 2.24) is 24.8 Å². The molecule has 0 aliphatic carbocycles. The van der Waals surface area contributed by atoms with Crippen molar-refractivity contribution in [2.45, 2.75) is 32.6 Å². The molecule has 4 heterocycles. The number of anilines is 2. The first-order chi connectivity index (χ1) is 18.2. The predicted octanol–water partition coefficient (Wildman–Crippen LogP) is 4.37. The van der Waals surface area contributed by atoms with Gasteiger partial charge in [-0.2, -0.15) is 0 Å². The largest absolute Gasteiger partial charge is 0.383 e. The molecule has 5 rings (SSSR count). The molecule has 1 saturated heterocycles. The van der Waals surface area contributed by atoms with Gasteiger partial charge in [0.05, 0.1) is 27.1 Å². The Kier molecular flexibility index (Phi) is 8.85. The van der Waals surface area contributed by atoms with E-state index in [4.69, 9.17) is 5.73 Å². The lowest BCUT2D eigenvalue weighted by atomic mass is 10.0. The number of nitrogens with one attached hydrogen (secondary N) is 1. The van der Waals surface area contributed by atoms with Crippen molar-refractivity contribution in [3.8, 4) is 0 Å². The molecule has 1 aliphatic rings. The Morgan fingerprint density at radius 3 is 2.74 bits per heavy atom. The number of pyridine rings is 2. The van der Waals surface area contributed by atoms with Crippen LogP contribution in [0.15, 0.2) is 48.9 Å². The lowest BCUT2D eigenvalue weighted by molar-refractivity contribution is -0.144. The van der Waals surface area contributed by atoms with E-state index in [0.717, 1.165) is 24.9 Å². The van der Waals surface area contributed by atoms with E-state index in [0.29, 0.717) is 47.2 Å². The Balaban J connectivity index is 0.000000194. The van der Waals surface area contributed by atoms with E-state index < -0.39 is 11.8 Å². The summed E-state index contributed by atoms with van der Waals surface area (Å²) in [6.45, 7) is 6.62. The summed E-state index contributed by atoms with van der Waals surface area (Å²) in [7, 11) is 4.20. The van der Waals surface area contributed by atoms with E-state index in [2.05, 4.69) is 71.3 Å². The molecule has 3 aromatic heterocycles. The molecule has 1 unspecified atom stereocenters. The van der Waals surface area contributed by atoms with Gasteiger partial charge in [-0.25, -0.2) is 9.97 Å². The van der Waals surface area contributed by atoms with Gasteiger partial charge in [0.2, 0.25) is 0 Å². The Morgan fingerprint density at radius 2 is 2.00 bits per heavy atom. The molecule has 38 heavy (non-hydrogen) atoms. The molecular formula is C28H35N7O2S. The highest BCUT2D eigenvalue weighted by Gasteiger charge is 2.26. The van der Waals surface area contributed by atoms with Crippen LogP contribution in [0.3, 0.4) is 0 Å². The maximum Gasteiger partial charge on any atom is 0.313 e. The molecule has 200 valence electrons. The molecule has 1 aromatic carbocycles. The third-order valence-corrected chi connectivity index (χ3v) is 7.74. The number of aromatic nitrogens is 3. The van der Waals surface area contributed by atoms with Gasteiger partial charge in [-0.1, -0.05) is 26.0 Å². The number of likely N-dealkylation sites (N-methyl/N-ethyl adjacent to an activating group) is 1. The molecule has 4 aromatic rings. The first-order valence-corrected chi connectivity index (χ1v) is 13.6. The van der Waals surface area contributed by atoms with Crippen molar-refractivity contribution in [2.75, 3.05) is 44.8 Å². The van der Waals surface area contributed by atoms with Crippen molar-refractivity contribution < 1.29 is 9.59 Å². The zero-order valence-corrected chi connectivity index (χ0v) is 23.2. The van der Waals surface area contributed by atoms with Gasteiger partial charge in [-0.05, 0) is 51.1 Å². The zero-order valence-electron chi connectivity index (χ0n) is 22.3. The van der Waals surface area contributed by atoms with Crippen LogP contribution in [-0.4, -0.2) is 70.3 Å². The molecule has 1 fully saturated rings. The fourth-order valence-electron chi connectivity index (χ4n) is 4.64. The van der Waals surface area contributed by atoms with Gasteiger partial charge in [-0.3, -0.25) is 14.6 Å². The van der Waals surface area contributed by atoms with Crippen LogP contribution in [-0.2, 0) is 9.59 Å². The van der Waals surface area contributed by atoms with E-state index in [1.165, 1.54) is 15.9 Å². The normalized spacial score (nSPS) is 16.2. The number of para-hydroxylation sites is 1. The van der Waals surface area contributed by atoms with Crippen LogP contribution in [0.4, 0.5) is 11.5 Å². The standard InChI is InChI=1S/C16H19N5O2.C12H16N2S/c1-10-3-2-6-21(9-10)16(23)15(22)20-13-8-18-7-12-11(13)4-5-19-14(12)17;1-9(8-14(2)3)12-13-10-6-4-5-7-11(10)15-12/h4-5,7-8,10H,2-3,6,9H2,1H3,(H2,17,19)(H,20,22);4-7,9H,8H2,1-3H3/t;9-/m.1/s1. The number of carbonyl (C=O) groups is 2. The third kappa shape index (κ3) is 6.62. The van der Waals surface area contributed by atoms with E-state index in [1.807, 2.05) is 17.4 Å². The predicted molar refractivity (Wildman–Crippen MR) is 154 cm³/mol. The zero-order chi connectivity index (χ0) is 27.2. The van der Waals surface area contributed by atoms with Gasteiger partial charge in [0, 0.05) is 48.7 Å². The van der Waals surface area contributed by atoms with Crippen molar-refractivity contribution in [3.63, 3.8) is 0 Å². The maximum absolute atomic E-state index is 12.3. The van der Waals surface area contributed by atoms with Gasteiger partial charge in [0.25, 0.3) is 0 Å². The maximum atomic E-state index is 12.3. The van der Waals surface area contributed by atoms with Crippen LogP contribution in [0.2, 0.25) is 0 Å². The van der Waals surface area contributed by atoms with E-state index in [-0.39, 0.29) is 0 Å². The van der Waals surface area contributed by atoms with Crippen molar-refractivity contribution in [1.29, 1.82) is 0 Å². The van der Waals surface area contributed by atoms with Gasteiger partial charge in [-0.15, -0.1) is 11.3 Å². The number of piperidine rings is 1. The van der Waals surface area contributed by atoms with Gasteiger partial charge in [0.1, 0.15) is 5.82 Å². The Morgan fingerprint density at radius 1 is 1.21 bits per heavy atom. The summed E-state index contributed by atoms with van der Waals surface area (Å²) in [5, 5.41) is 5.24. The molecule has 0 bridgehead atoms. The number of hydrogen-bond donors (Lipinski definition) is 2. The molecule has 3 N–H and O–H groups in total. The van der Waals surface area contributed by atoms with Crippen molar-refractivity contribution in [3.05, 3.63) is 53.9 Å². The Labute approximate surface area is 227 Å². The number of likely N-dealkylation sites (tertiary alicyclic amines) is 1. The fourth-order valence-corrected chi connectivity index (χ4v) is 5.65. The summed E-state index contributed by atoms with van der Waals surface area (Å²) in [5.74, 6) is 0.115. The molecule has 0 saturated carbocycles. The number of nitrogens with zero attached hydrogens (tertiary/aromatic N) is 5. The highest BCUT2D eigenvalue weighted by molar-refractivity contribution is 7.18. The van der Waals surface area contributed by atoms with Crippen molar-refractivity contribution >= 4 is 55.6 Å². The minimum atomic E-state index is -0.649. The molecule has 10 heteroatoms. The average molecular weight is 534 g/mol. The summed E-state index contributed by atoms with van der Waals surface area (Å²) in [5.41, 5.74) is 7.40. The fraction of sp³-hybridized carbons (Fsp3) is 0.393. The lowest BCUT2D eigenvalue weighted by Crippen LogP contribution is -2.44.